The Morgan fingerprint density at radius 3 is 2.58 bits per heavy atom. The second kappa shape index (κ2) is 6.60. The second-order valence-corrected chi connectivity index (χ2v) is 5.38. The molecule has 0 atom stereocenters. The number of benzene rings is 1. The highest BCUT2D eigenvalue weighted by atomic mass is 16.2. The summed E-state index contributed by atoms with van der Waals surface area (Å²) in [6, 6.07) is 7.68. The maximum Gasteiger partial charge on any atom is 0.230 e. The van der Waals surface area contributed by atoms with E-state index >= 15 is 0 Å². The molecule has 0 aromatic heterocycles. The standard InChI is InChI=1S/C16H24N2O/c1-2-12-18(15-11-7-6-10-14(15)17)16(19)13-8-4-3-5-9-13/h6-7,10-11,13H,2-5,8-9,12,17H2,1H3. The van der Waals surface area contributed by atoms with Gasteiger partial charge < -0.3 is 10.6 Å². The Kier molecular flexibility index (Phi) is 4.83. The summed E-state index contributed by atoms with van der Waals surface area (Å²) in [4.78, 5) is 14.6. The summed E-state index contributed by atoms with van der Waals surface area (Å²) in [6.07, 6.45) is 6.65. The monoisotopic (exact) mass is 260 g/mol. The first-order valence-corrected chi connectivity index (χ1v) is 7.40. The molecular formula is C16H24N2O. The van der Waals surface area contributed by atoms with Crippen molar-refractivity contribution < 1.29 is 4.79 Å². The molecule has 1 aliphatic rings. The number of nitrogens with zero attached hydrogens (tertiary/aromatic N) is 1. The van der Waals surface area contributed by atoms with Gasteiger partial charge in [0.25, 0.3) is 0 Å². The Morgan fingerprint density at radius 1 is 1.26 bits per heavy atom. The molecule has 19 heavy (non-hydrogen) atoms. The van der Waals surface area contributed by atoms with Gasteiger partial charge in [0, 0.05) is 12.5 Å². The van der Waals surface area contributed by atoms with Gasteiger partial charge in [-0.15, -0.1) is 0 Å². The molecule has 1 aliphatic carbocycles. The number of amides is 1. The molecule has 0 heterocycles. The number of carbonyl (C=O) groups excluding carboxylic acids is 1. The van der Waals surface area contributed by atoms with Gasteiger partial charge in [0.2, 0.25) is 5.91 Å². The van der Waals surface area contributed by atoms with E-state index in [0.717, 1.165) is 31.5 Å². The molecule has 3 heteroatoms. The van der Waals surface area contributed by atoms with Crippen LogP contribution in [-0.4, -0.2) is 12.5 Å². The zero-order valence-corrected chi connectivity index (χ0v) is 11.8. The molecule has 1 aromatic rings. The van der Waals surface area contributed by atoms with E-state index in [4.69, 9.17) is 5.73 Å². The van der Waals surface area contributed by atoms with Crippen LogP contribution in [-0.2, 0) is 4.79 Å². The smallest absolute Gasteiger partial charge is 0.230 e. The van der Waals surface area contributed by atoms with E-state index in [0.29, 0.717) is 5.69 Å². The van der Waals surface area contributed by atoms with Gasteiger partial charge in [-0.25, -0.2) is 0 Å². The van der Waals surface area contributed by atoms with Crippen molar-refractivity contribution in [2.24, 2.45) is 5.92 Å². The molecule has 1 saturated carbocycles. The van der Waals surface area contributed by atoms with Crippen molar-refractivity contribution in [3.05, 3.63) is 24.3 Å². The van der Waals surface area contributed by atoms with Crippen LogP contribution in [0.25, 0.3) is 0 Å². The summed E-state index contributed by atoms with van der Waals surface area (Å²) in [5.74, 6) is 0.458. The molecule has 0 spiro atoms. The summed E-state index contributed by atoms with van der Waals surface area (Å²) in [5, 5.41) is 0. The number of anilines is 2. The first kappa shape index (κ1) is 13.9. The Morgan fingerprint density at radius 2 is 1.95 bits per heavy atom. The van der Waals surface area contributed by atoms with Crippen molar-refractivity contribution in [3.63, 3.8) is 0 Å². The first-order valence-electron chi connectivity index (χ1n) is 7.40. The molecule has 0 saturated heterocycles. The zero-order chi connectivity index (χ0) is 13.7. The predicted molar refractivity (Wildman–Crippen MR) is 80.1 cm³/mol. The topological polar surface area (TPSA) is 46.3 Å². The van der Waals surface area contributed by atoms with Crippen LogP contribution in [0.1, 0.15) is 45.4 Å². The number of para-hydroxylation sites is 2. The number of hydrogen-bond acceptors (Lipinski definition) is 2. The molecule has 1 amide bonds. The molecular weight excluding hydrogens is 236 g/mol. The third-order valence-electron chi connectivity index (χ3n) is 3.90. The van der Waals surface area contributed by atoms with Crippen LogP contribution in [0.4, 0.5) is 11.4 Å². The number of rotatable bonds is 4. The minimum absolute atomic E-state index is 0.194. The molecule has 0 unspecified atom stereocenters. The van der Waals surface area contributed by atoms with Gasteiger partial charge in [-0.3, -0.25) is 4.79 Å². The Labute approximate surface area is 115 Å². The zero-order valence-electron chi connectivity index (χ0n) is 11.8. The SMILES string of the molecule is CCCN(C(=O)C1CCCCC1)c1ccccc1N. The largest absolute Gasteiger partial charge is 0.397 e. The minimum Gasteiger partial charge on any atom is -0.397 e. The van der Waals surface area contributed by atoms with Crippen molar-refractivity contribution in [2.45, 2.75) is 45.4 Å². The second-order valence-electron chi connectivity index (χ2n) is 5.38. The van der Waals surface area contributed by atoms with Gasteiger partial charge in [-0.05, 0) is 31.4 Å². The van der Waals surface area contributed by atoms with Crippen molar-refractivity contribution >= 4 is 17.3 Å². The van der Waals surface area contributed by atoms with Gasteiger partial charge in [-0.1, -0.05) is 38.3 Å². The van der Waals surface area contributed by atoms with Crippen LogP contribution >= 0.6 is 0 Å². The Balaban J connectivity index is 2.19. The van der Waals surface area contributed by atoms with Crippen LogP contribution in [0.5, 0.6) is 0 Å². The van der Waals surface area contributed by atoms with Gasteiger partial charge in [-0.2, -0.15) is 0 Å². The van der Waals surface area contributed by atoms with Crippen molar-refractivity contribution in [3.8, 4) is 0 Å². The van der Waals surface area contributed by atoms with Crippen LogP contribution in [0.15, 0.2) is 24.3 Å². The van der Waals surface area contributed by atoms with Crippen LogP contribution in [0.3, 0.4) is 0 Å². The van der Waals surface area contributed by atoms with Crippen molar-refractivity contribution in [2.75, 3.05) is 17.2 Å². The van der Waals surface area contributed by atoms with E-state index in [1.165, 1.54) is 19.3 Å². The highest BCUT2D eigenvalue weighted by molar-refractivity contribution is 5.97. The fourth-order valence-corrected chi connectivity index (χ4v) is 2.88. The number of hydrogen-bond donors (Lipinski definition) is 1. The third-order valence-corrected chi connectivity index (χ3v) is 3.90. The summed E-state index contributed by atoms with van der Waals surface area (Å²) in [7, 11) is 0. The summed E-state index contributed by atoms with van der Waals surface area (Å²) >= 11 is 0. The van der Waals surface area contributed by atoms with E-state index in [1.807, 2.05) is 29.2 Å². The number of nitrogen functional groups attached to an aromatic ring is 1. The lowest BCUT2D eigenvalue weighted by molar-refractivity contribution is -0.123. The average Bonchev–Trinajstić information content (AvgIpc) is 2.46. The van der Waals surface area contributed by atoms with E-state index in [9.17, 15) is 4.79 Å². The predicted octanol–water partition coefficient (Wildman–Crippen LogP) is 3.59. The van der Waals surface area contributed by atoms with E-state index in [1.54, 1.807) is 0 Å². The molecule has 2 rings (SSSR count). The quantitative estimate of drug-likeness (QED) is 0.841. The molecule has 1 fully saturated rings. The molecule has 0 radical (unpaired) electrons. The molecule has 0 aliphatic heterocycles. The lowest BCUT2D eigenvalue weighted by atomic mass is 9.88. The number of nitrogens with two attached hydrogens (primary N) is 1. The summed E-state index contributed by atoms with van der Waals surface area (Å²) in [5.41, 5.74) is 7.59. The maximum absolute atomic E-state index is 12.7. The summed E-state index contributed by atoms with van der Waals surface area (Å²) in [6.45, 7) is 2.85. The van der Waals surface area contributed by atoms with Gasteiger partial charge in [0.15, 0.2) is 0 Å². The Bertz CT molecular complexity index is 425. The molecule has 3 nitrogen and oxygen atoms in total. The molecule has 104 valence electrons. The maximum atomic E-state index is 12.7. The van der Waals surface area contributed by atoms with Crippen LogP contribution in [0, 0.1) is 5.92 Å². The molecule has 2 N–H and O–H groups in total. The normalized spacial score (nSPS) is 16.3. The Hall–Kier alpha value is -1.51. The van der Waals surface area contributed by atoms with Crippen LogP contribution in [0.2, 0.25) is 0 Å². The lowest BCUT2D eigenvalue weighted by Crippen LogP contribution is -2.38. The van der Waals surface area contributed by atoms with Gasteiger partial charge in [0.05, 0.1) is 11.4 Å². The van der Waals surface area contributed by atoms with Crippen molar-refractivity contribution in [1.82, 2.24) is 0 Å². The van der Waals surface area contributed by atoms with E-state index in [-0.39, 0.29) is 11.8 Å². The van der Waals surface area contributed by atoms with Gasteiger partial charge >= 0.3 is 0 Å². The van der Waals surface area contributed by atoms with E-state index in [2.05, 4.69) is 6.92 Å². The highest BCUT2D eigenvalue weighted by Gasteiger charge is 2.27. The van der Waals surface area contributed by atoms with Crippen LogP contribution < -0.4 is 10.6 Å². The first-order chi connectivity index (χ1) is 9.24. The minimum atomic E-state index is 0.194. The molecule has 0 bridgehead atoms. The van der Waals surface area contributed by atoms with E-state index < -0.39 is 0 Å². The third kappa shape index (κ3) is 3.28. The fraction of sp³-hybridized carbons (Fsp3) is 0.562. The lowest BCUT2D eigenvalue weighted by Gasteiger charge is -2.30. The number of carbonyl (C=O) groups is 1. The fourth-order valence-electron chi connectivity index (χ4n) is 2.88. The molecule has 1 aromatic carbocycles. The van der Waals surface area contributed by atoms with Gasteiger partial charge in [0.1, 0.15) is 0 Å². The summed E-state index contributed by atoms with van der Waals surface area (Å²) < 4.78 is 0. The van der Waals surface area contributed by atoms with Crippen molar-refractivity contribution in [1.29, 1.82) is 0 Å². The highest BCUT2D eigenvalue weighted by Crippen LogP contribution is 2.30. The average molecular weight is 260 g/mol.